The van der Waals surface area contributed by atoms with E-state index < -0.39 is 46.1 Å². The van der Waals surface area contributed by atoms with Gasteiger partial charge in [0.1, 0.15) is 6.61 Å². The number of hydrogen-bond donors (Lipinski definition) is 0. The molecule has 5 rings (SSSR count). The normalized spacial score (nSPS) is 27.8. The van der Waals surface area contributed by atoms with Crippen LogP contribution in [0.25, 0.3) is 0 Å². The molecule has 4 atom stereocenters. The largest absolute Gasteiger partial charge is 0.459 e. The number of ether oxygens (including phenoxy) is 1. The highest BCUT2D eigenvalue weighted by molar-refractivity contribution is 6.25. The molecule has 3 aliphatic rings. The van der Waals surface area contributed by atoms with Gasteiger partial charge in [0.15, 0.2) is 5.54 Å². The predicted octanol–water partition coefficient (Wildman–Crippen LogP) is 1.82. The third-order valence-electron chi connectivity index (χ3n) is 6.80. The van der Waals surface area contributed by atoms with Gasteiger partial charge in [0.25, 0.3) is 5.69 Å². The van der Waals surface area contributed by atoms with Crippen LogP contribution in [0.1, 0.15) is 18.9 Å². The second-order valence-corrected chi connectivity index (χ2v) is 8.53. The first kappa shape index (κ1) is 20.8. The lowest BCUT2D eigenvalue weighted by Gasteiger charge is -2.45. The number of nitro groups is 1. The summed E-state index contributed by atoms with van der Waals surface area (Å²) in [4.78, 5) is 65.0. The Hall–Kier alpha value is -4.08. The summed E-state index contributed by atoms with van der Waals surface area (Å²) in [6.07, 6.45) is 0.0913. The molecule has 2 aromatic rings. The number of carbonyl (C=O) groups is 4. The molecule has 3 amide bonds. The number of imide groups is 1. The zero-order valence-corrected chi connectivity index (χ0v) is 17.5. The Balaban J connectivity index is 1.42. The summed E-state index contributed by atoms with van der Waals surface area (Å²) in [5.41, 5.74) is -0.790. The topological polar surface area (TPSA) is 127 Å². The van der Waals surface area contributed by atoms with Crippen LogP contribution in [0.5, 0.6) is 0 Å². The number of rotatable bonds is 5. The van der Waals surface area contributed by atoms with Crippen LogP contribution in [0.15, 0.2) is 54.6 Å². The Morgan fingerprint density at radius 3 is 2.36 bits per heavy atom. The number of β-lactam (4-membered cyclic amide) rings is 1. The molecule has 0 bridgehead atoms. The Labute approximate surface area is 187 Å². The second kappa shape index (κ2) is 7.22. The molecule has 0 aliphatic carbocycles. The molecule has 0 aromatic heterocycles. The first-order valence-corrected chi connectivity index (χ1v) is 10.4. The Morgan fingerprint density at radius 1 is 1.09 bits per heavy atom. The maximum Gasteiger partial charge on any atom is 0.332 e. The quantitative estimate of drug-likeness (QED) is 0.224. The number of nitro benzene ring substituents is 1. The second-order valence-electron chi connectivity index (χ2n) is 8.53. The number of amides is 3. The van der Waals surface area contributed by atoms with Crippen molar-refractivity contribution in [3.05, 3.63) is 70.3 Å². The van der Waals surface area contributed by atoms with E-state index in [0.29, 0.717) is 11.3 Å². The van der Waals surface area contributed by atoms with Crippen molar-refractivity contribution >= 4 is 35.1 Å². The summed E-state index contributed by atoms with van der Waals surface area (Å²) in [6, 6.07) is 13.4. The first-order valence-electron chi connectivity index (χ1n) is 10.4. The van der Waals surface area contributed by atoms with E-state index >= 15 is 0 Å². The minimum Gasteiger partial charge on any atom is -0.459 e. The third-order valence-corrected chi connectivity index (χ3v) is 6.80. The van der Waals surface area contributed by atoms with Crippen LogP contribution < -0.4 is 4.90 Å². The minimum atomic E-state index is -1.62. The zero-order valence-electron chi connectivity index (χ0n) is 17.5. The van der Waals surface area contributed by atoms with Crippen molar-refractivity contribution in [2.24, 2.45) is 11.8 Å². The zero-order chi connectivity index (χ0) is 23.5. The molecule has 168 valence electrons. The van der Waals surface area contributed by atoms with Crippen LogP contribution >= 0.6 is 0 Å². The lowest BCUT2D eigenvalue weighted by molar-refractivity contribution is -0.384. The van der Waals surface area contributed by atoms with Gasteiger partial charge >= 0.3 is 5.97 Å². The van der Waals surface area contributed by atoms with E-state index in [2.05, 4.69) is 0 Å². The van der Waals surface area contributed by atoms with E-state index in [1.165, 1.54) is 36.1 Å². The number of fused-ring (bicyclic) bond motifs is 3. The number of hydrogen-bond acceptors (Lipinski definition) is 7. The molecule has 10 nitrogen and oxygen atoms in total. The van der Waals surface area contributed by atoms with E-state index in [4.69, 9.17) is 4.74 Å². The van der Waals surface area contributed by atoms with Crippen LogP contribution in [0.2, 0.25) is 0 Å². The van der Waals surface area contributed by atoms with Crippen LogP contribution in [0, 0.1) is 22.0 Å². The highest BCUT2D eigenvalue weighted by atomic mass is 16.6. The van der Waals surface area contributed by atoms with E-state index in [1.807, 2.05) is 0 Å². The average Bonchev–Trinajstić information content (AvgIpc) is 3.18. The molecule has 0 saturated carbocycles. The number of anilines is 1. The van der Waals surface area contributed by atoms with Crippen molar-refractivity contribution in [3.8, 4) is 0 Å². The van der Waals surface area contributed by atoms with Gasteiger partial charge in [-0.3, -0.25) is 24.5 Å². The summed E-state index contributed by atoms with van der Waals surface area (Å²) >= 11 is 0. The van der Waals surface area contributed by atoms with Crippen molar-refractivity contribution in [3.63, 3.8) is 0 Å². The molecule has 0 spiro atoms. The number of non-ortho nitro benzene ring substituents is 1. The molecule has 33 heavy (non-hydrogen) atoms. The Morgan fingerprint density at radius 2 is 1.76 bits per heavy atom. The third kappa shape index (κ3) is 2.86. The SMILES string of the molecule is CC1(C(=O)OCc2ccc([N+](=O)[O-])cc2)C2C(=O)N(c3ccccc3)C(=O)C2C2CC(=O)N21. The molecular weight excluding hydrogens is 430 g/mol. The summed E-state index contributed by atoms with van der Waals surface area (Å²) in [6.45, 7) is 1.28. The van der Waals surface area contributed by atoms with E-state index in [-0.39, 0.29) is 24.6 Å². The van der Waals surface area contributed by atoms with Gasteiger partial charge in [-0.2, -0.15) is 0 Å². The van der Waals surface area contributed by atoms with E-state index in [1.54, 1.807) is 30.3 Å². The lowest BCUT2D eigenvalue weighted by atomic mass is 9.81. The number of carbonyl (C=O) groups excluding carboxylic acids is 4. The fraction of sp³-hybridized carbons (Fsp3) is 0.304. The summed E-state index contributed by atoms with van der Waals surface area (Å²) in [7, 11) is 0. The summed E-state index contributed by atoms with van der Waals surface area (Å²) in [5.74, 6) is -3.92. The Kier molecular flexibility index (Phi) is 4.55. The molecule has 3 heterocycles. The standard InChI is InChI=1S/C23H19N3O7/c1-23(22(30)33-12-13-7-9-15(10-8-13)26(31)32)19-18(16-11-17(27)25(16)23)20(28)24(21(19)29)14-5-3-2-4-6-14/h2-10,16,18-19H,11-12H2,1H3. The molecule has 0 radical (unpaired) electrons. The maximum absolute atomic E-state index is 13.4. The van der Waals surface area contributed by atoms with Gasteiger partial charge < -0.3 is 9.64 Å². The average molecular weight is 449 g/mol. The maximum atomic E-state index is 13.4. The summed E-state index contributed by atoms with van der Waals surface area (Å²) in [5, 5.41) is 10.8. The number of para-hydroxylation sites is 1. The van der Waals surface area contributed by atoms with Crippen LogP contribution in [0.3, 0.4) is 0 Å². The van der Waals surface area contributed by atoms with Crippen molar-refractivity contribution in [1.29, 1.82) is 0 Å². The molecule has 2 aromatic carbocycles. The highest BCUT2D eigenvalue weighted by Gasteiger charge is 2.75. The van der Waals surface area contributed by atoms with Gasteiger partial charge in [0.2, 0.25) is 17.7 Å². The van der Waals surface area contributed by atoms with Crippen molar-refractivity contribution in [2.45, 2.75) is 31.5 Å². The summed E-state index contributed by atoms with van der Waals surface area (Å²) < 4.78 is 5.46. The predicted molar refractivity (Wildman–Crippen MR) is 112 cm³/mol. The molecule has 3 fully saturated rings. The van der Waals surface area contributed by atoms with Gasteiger partial charge in [-0.05, 0) is 36.8 Å². The van der Waals surface area contributed by atoms with Gasteiger partial charge in [-0.25, -0.2) is 9.69 Å². The monoisotopic (exact) mass is 449 g/mol. The number of esters is 1. The van der Waals surface area contributed by atoms with Crippen molar-refractivity contribution in [1.82, 2.24) is 4.90 Å². The fourth-order valence-electron chi connectivity index (χ4n) is 5.22. The van der Waals surface area contributed by atoms with Gasteiger partial charge in [-0.15, -0.1) is 0 Å². The number of benzene rings is 2. The minimum absolute atomic E-state index is 0.0913. The van der Waals surface area contributed by atoms with Gasteiger partial charge in [0, 0.05) is 18.6 Å². The molecule has 3 saturated heterocycles. The van der Waals surface area contributed by atoms with Crippen LogP contribution in [-0.2, 0) is 30.5 Å². The fourth-order valence-corrected chi connectivity index (χ4v) is 5.22. The lowest BCUT2D eigenvalue weighted by Crippen LogP contribution is -2.64. The van der Waals surface area contributed by atoms with E-state index in [9.17, 15) is 29.3 Å². The van der Waals surface area contributed by atoms with Crippen molar-refractivity contribution < 1.29 is 28.8 Å². The van der Waals surface area contributed by atoms with Crippen LogP contribution in [-0.4, -0.2) is 45.1 Å². The molecule has 0 N–H and O–H groups in total. The molecule has 10 heteroatoms. The molecule has 4 unspecified atom stereocenters. The number of nitrogens with zero attached hydrogens (tertiary/aromatic N) is 3. The van der Waals surface area contributed by atoms with Gasteiger partial charge in [-0.1, -0.05) is 18.2 Å². The Bertz CT molecular complexity index is 1200. The van der Waals surface area contributed by atoms with Crippen molar-refractivity contribution in [2.75, 3.05) is 4.90 Å². The molecule has 3 aliphatic heterocycles. The van der Waals surface area contributed by atoms with Gasteiger partial charge in [0.05, 0.1) is 28.5 Å². The first-order chi connectivity index (χ1) is 15.7. The van der Waals surface area contributed by atoms with Crippen LogP contribution in [0.4, 0.5) is 11.4 Å². The smallest absolute Gasteiger partial charge is 0.332 e. The highest BCUT2D eigenvalue weighted by Crippen LogP contribution is 2.55. The molecular formula is C23H19N3O7. The van der Waals surface area contributed by atoms with E-state index in [0.717, 1.165) is 4.90 Å².